The minimum atomic E-state index is -0.607. The number of carbonyl (C=O) groups excluding carboxylic acids is 1. The Labute approximate surface area is 124 Å². The molecule has 0 aromatic heterocycles. The van der Waals surface area contributed by atoms with E-state index in [0.717, 1.165) is 0 Å². The maximum Gasteiger partial charge on any atom is 0.263 e. The molecule has 1 N–H and O–H groups in total. The molecule has 1 amide bonds. The second-order valence-electron chi connectivity index (χ2n) is 4.98. The number of halogens is 1. The van der Waals surface area contributed by atoms with Gasteiger partial charge in [-0.15, -0.1) is 0 Å². The van der Waals surface area contributed by atoms with Crippen molar-refractivity contribution in [3.8, 4) is 5.75 Å². The van der Waals surface area contributed by atoms with Gasteiger partial charge in [0.05, 0.1) is 13.2 Å². The van der Waals surface area contributed by atoms with Crippen LogP contribution >= 0.6 is 0 Å². The standard InChI is InChI=1S/C15H21FN2O3/c1-11(15(19)18-5-7-20-8-6-18)21-14-4-3-13(16)9-12(14)10-17-2/h3-4,9,11,17H,5-8,10H2,1-2H3. The van der Waals surface area contributed by atoms with Gasteiger partial charge in [-0.25, -0.2) is 4.39 Å². The number of hydrogen-bond acceptors (Lipinski definition) is 4. The highest BCUT2D eigenvalue weighted by Crippen LogP contribution is 2.21. The topological polar surface area (TPSA) is 50.8 Å². The number of nitrogens with zero attached hydrogens (tertiary/aromatic N) is 1. The Balaban J connectivity index is 2.04. The zero-order valence-electron chi connectivity index (χ0n) is 12.4. The third kappa shape index (κ3) is 4.15. The summed E-state index contributed by atoms with van der Waals surface area (Å²) in [4.78, 5) is 14.0. The zero-order chi connectivity index (χ0) is 15.2. The van der Waals surface area contributed by atoms with Crippen molar-refractivity contribution >= 4 is 5.91 Å². The van der Waals surface area contributed by atoms with Crippen LogP contribution in [0.5, 0.6) is 5.75 Å². The van der Waals surface area contributed by atoms with Gasteiger partial charge in [0.1, 0.15) is 11.6 Å². The summed E-state index contributed by atoms with van der Waals surface area (Å²) in [6.45, 7) is 4.47. The fourth-order valence-corrected chi connectivity index (χ4v) is 2.27. The minimum Gasteiger partial charge on any atom is -0.481 e. The molecule has 0 bridgehead atoms. The lowest BCUT2D eigenvalue weighted by atomic mass is 10.2. The molecule has 1 unspecified atom stereocenters. The highest BCUT2D eigenvalue weighted by atomic mass is 19.1. The quantitative estimate of drug-likeness (QED) is 0.886. The summed E-state index contributed by atoms with van der Waals surface area (Å²) in [6, 6.07) is 4.31. The van der Waals surface area contributed by atoms with Crippen LogP contribution in [0.4, 0.5) is 4.39 Å². The van der Waals surface area contributed by atoms with Crippen molar-refractivity contribution in [2.24, 2.45) is 0 Å². The van der Waals surface area contributed by atoms with E-state index in [4.69, 9.17) is 9.47 Å². The molecule has 0 spiro atoms. The lowest BCUT2D eigenvalue weighted by molar-refractivity contribution is -0.142. The number of nitrogens with one attached hydrogen (secondary N) is 1. The van der Waals surface area contributed by atoms with Gasteiger partial charge in [-0.2, -0.15) is 0 Å². The van der Waals surface area contributed by atoms with Crippen LogP contribution in [0.3, 0.4) is 0 Å². The van der Waals surface area contributed by atoms with Crippen molar-refractivity contribution < 1.29 is 18.7 Å². The van der Waals surface area contributed by atoms with Gasteiger partial charge in [-0.1, -0.05) is 0 Å². The summed E-state index contributed by atoms with van der Waals surface area (Å²) in [7, 11) is 1.77. The van der Waals surface area contributed by atoms with Crippen molar-refractivity contribution in [3.63, 3.8) is 0 Å². The molecule has 1 atom stereocenters. The van der Waals surface area contributed by atoms with Crippen molar-refractivity contribution in [1.82, 2.24) is 10.2 Å². The van der Waals surface area contributed by atoms with Crippen LogP contribution in [-0.2, 0) is 16.1 Å². The summed E-state index contributed by atoms with van der Waals surface area (Å²) in [6.07, 6.45) is -0.607. The number of carbonyl (C=O) groups is 1. The number of hydrogen-bond donors (Lipinski definition) is 1. The molecule has 1 aromatic carbocycles. The molecule has 1 fully saturated rings. The predicted octanol–water partition coefficient (Wildman–Crippen LogP) is 1.17. The highest BCUT2D eigenvalue weighted by molar-refractivity contribution is 5.81. The zero-order valence-corrected chi connectivity index (χ0v) is 12.4. The predicted molar refractivity (Wildman–Crippen MR) is 76.7 cm³/mol. The van der Waals surface area contributed by atoms with Gasteiger partial charge >= 0.3 is 0 Å². The van der Waals surface area contributed by atoms with Crippen LogP contribution in [0, 0.1) is 5.82 Å². The van der Waals surface area contributed by atoms with E-state index in [1.165, 1.54) is 12.1 Å². The molecule has 0 saturated carbocycles. The van der Waals surface area contributed by atoms with E-state index >= 15 is 0 Å². The fraction of sp³-hybridized carbons (Fsp3) is 0.533. The molecule has 5 nitrogen and oxygen atoms in total. The van der Waals surface area contributed by atoms with Gasteiger partial charge in [0, 0.05) is 25.2 Å². The molecule has 0 aliphatic carbocycles. The van der Waals surface area contributed by atoms with E-state index < -0.39 is 6.10 Å². The van der Waals surface area contributed by atoms with Crippen molar-refractivity contribution in [2.45, 2.75) is 19.6 Å². The maximum absolute atomic E-state index is 13.3. The van der Waals surface area contributed by atoms with Crippen molar-refractivity contribution in [3.05, 3.63) is 29.6 Å². The van der Waals surface area contributed by atoms with Crippen molar-refractivity contribution in [1.29, 1.82) is 0 Å². The largest absolute Gasteiger partial charge is 0.481 e. The van der Waals surface area contributed by atoms with E-state index in [0.29, 0.717) is 44.2 Å². The van der Waals surface area contributed by atoms with Crippen LogP contribution < -0.4 is 10.1 Å². The number of morpholine rings is 1. The smallest absolute Gasteiger partial charge is 0.263 e. The molecule has 21 heavy (non-hydrogen) atoms. The monoisotopic (exact) mass is 296 g/mol. The third-order valence-corrected chi connectivity index (χ3v) is 3.36. The Morgan fingerprint density at radius 1 is 1.48 bits per heavy atom. The summed E-state index contributed by atoms with van der Waals surface area (Å²) in [5, 5.41) is 2.96. The lowest BCUT2D eigenvalue weighted by Gasteiger charge is -2.29. The molecular weight excluding hydrogens is 275 g/mol. The van der Waals surface area contributed by atoms with Gasteiger partial charge < -0.3 is 19.7 Å². The number of ether oxygens (including phenoxy) is 2. The molecule has 116 valence electrons. The van der Waals surface area contributed by atoms with Gasteiger partial charge in [0.25, 0.3) is 5.91 Å². The SMILES string of the molecule is CNCc1cc(F)ccc1OC(C)C(=O)N1CCOCC1. The lowest BCUT2D eigenvalue weighted by Crippen LogP contribution is -2.46. The maximum atomic E-state index is 13.3. The summed E-state index contributed by atoms with van der Waals surface area (Å²) in [5.74, 6) is 0.137. The third-order valence-electron chi connectivity index (χ3n) is 3.36. The van der Waals surface area contributed by atoms with Gasteiger partial charge in [0.15, 0.2) is 6.10 Å². The average molecular weight is 296 g/mol. The first-order valence-corrected chi connectivity index (χ1v) is 7.08. The van der Waals surface area contributed by atoms with E-state index in [-0.39, 0.29) is 11.7 Å². The Hall–Kier alpha value is -1.66. The Bertz CT molecular complexity index is 490. The molecule has 6 heteroatoms. The molecule has 1 aromatic rings. The van der Waals surface area contributed by atoms with E-state index in [9.17, 15) is 9.18 Å². The van der Waals surface area contributed by atoms with Crippen LogP contribution in [0.25, 0.3) is 0 Å². The fourth-order valence-electron chi connectivity index (χ4n) is 2.27. The van der Waals surface area contributed by atoms with E-state index in [1.54, 1.807) is 24.9 Å². The van der Waals surface area contributed by atoms with Gasteiger partial charge in [-0.3, -0.25) is 4.79 Å². The molecule has 1 aliphatic heterocycles. The van der Waals surface area contributed by atoms with Crippen LogP contribution in [-0.4, -0.2) is 50.3 Å². The molecule has 1 saturated heterocycles. The second kappa shape index (κ2) is 7.38. The molecular formula is C15H21FN2O3. The highest BCUT2D eigenvalue weighted by Gasteiger charge is 2.24. The average Bonchev–Trinajstić information content (AvgIpc) is 2.50. The number of rotatable bonds is 5. The first kappa shape index (κ1) is 15.7. The molecule has 0 radical (unpaired) electrons. The van der Waals surface area contributed by atoms with E-state index in [1.807, 2.05) is 0 Å². The molecule has 1 aliphatic rings. The first-order chi connectivity index (χ1) is 10.1. The number of benzene rings is 1. The Kier molecular flexibility index (Phi) is 5.52. The molecule has 2 rings (SSSR count). The Morgan fingerprint density at radius 2 is 2.19 bits per heavy atom. The minimum absolute atomic E-state index is 0.0713. The summed E-state index contributed by atoms with van der Waals surface area (Å²) < 4.78 is 24.2. The van der Waals surface area contributed by atoms with Gasteiger partial charge in [0.2, 0.25) is 0 Å². The van der Waals surface area contributed by atoms with Gasteiger partial charge in [-0.05, 0) is 32.2 Å². The van der Waals surface area contributed by atoms with Crippen molar-refractivity contribution in [2.75, 3.05) is 33.4 Å². The van der Waals surface area contributed by atoms with Crippen LogP contribution in [0.1, 0.15) is 12.5 Å². The second-order valence-corrected chi connectivity index (χ2v) is 4.98. The summed E-state index contributed by atoms with van der Waals surface area (Å²) >= 11 is 0. The molecule has 1 heterocycles. The normalized spacial score (nSPS) is 16.6. The first-order valence-electron chi connectivity index (χ1n) is 7.08. The number of amides is 1. The Morgan fingerprint density at radius 3 is 2.86 bits per heavy atom. The van der Waals surface area contributed by atoms with Crippen LogP contribution in [0.15, 0.2) is 18.2 Å². The van der Waals surface area contributed by atoms with E-state index in [2.05, 4.69) is 5.32 Å². The summed E-state index contributed by atoms with van der Waals surface area (Å²) in [5.41, 5.74) is 0.694. The van der Waals surface area contributed by atoms with Crippen LogP contribution in [0.2, 0.25) is 0 Å².